The average Bonchev–Trinajstić information content (AvgIpc) is 2.85. The molecule has 0 saturated carbocycles. The largest absolute Gasteiger partial charge is 0.461 e. The van der Waals surface area contributed by atoms with Crippen molar-refractivity contribution in [1.29, 1.82) is 0 Å². The Kier molecular flexibility index (Phi) is 5.84. The monoisotopic (exact) mass is 346 g/mol. The number of hydrogen-bond acceptors (Lipinski definition) is 3. The van der Waals surface area contributed by atoms with Gasteiger partial charge in [0.25, 0.3) is 0 Å². The number of nitrogens with zero attached hydrogens (tertiary/aromatic N) is 2. The Balaban J connectivity index is 2.65. The van der Waals surface area contributed by atoms with E-state index in [4.69, 9.17) is 16.3 Å². The minimum absolute atomic E-state index is 0.159. The highest BCUT2D eigenvalue weighted by Crippen LogP contribution is 2.27. The summed E-state index contributed by atoms with van der Waals surface area (Å²) in [5.41, 5.74) is 3.03. The molecular formula is C19H23ClN2O2. The van der Waals surface area contributed by atoms with Gasteiger partial charge in [0, 0.05) is 16.8 Å². The van der Waals surface area contributed by atoms with Crippen LogP contribution in [-0.4, -0.2) is 22.1 Å². The molecule has 2 aromatic rings. The fourth-order valence-corrected chi connectivity index (χ4v) is 2.38. The summed E-state index contributed by atoms with van der Waals surface area (Å²) in [6.45, 7) is 9.95. The van der Waals surface area contributed by atoms with E-state index in [9.17, 15) is 4.79 Å². The number of carbonyl (C=O) groups is 1. The molecule has 128 valence electrons. The van der Waals surface area contributed by atoms with Gasteiger partial charge in [-0.15, -0.1) is 0 Å². The number of ether oxygens (including phenoxy) is 1. The maximum atomic E-state index is 12.5. The Bertz CT molecular complexity index is 758. The summed E-state index contributed by atoms with van der Waals surface area (Å²) in [7, 11) is 0. The predicted molar refractivity (Wildman–Crippen MR) is 98.1 cm³/mol. The van der Waals surface area contributed by atoms with Gasteiger partial charge in [0.05, 0.1) is 6.61 Å². The molecule has 0 radical (unpaired) electrons. The molecule has 0 spiro atoms. The molecule has 0 fully saturated rings. The second-order valence-electron chi connectivity index (χ2n) is 5.98. The maximum Gasteiger partial charge on any atom is 0.357 e. The second-order valence-corrected chi connectivity index (χ2v) is 6.42. The van der Waals surface area contributed by atoms with Crippen molar-refractivity contribution in [3.05, 3.63) is 46.4 Å². The van der Waals surface area contributed by atoms with Gasteiger partial charge < -0.3 is 4.74 Å². The third-order valence-electron chi connectivity index (χ3n) is 3.69. The Hall–Kier alpha value is -2.07. The summed E-state index contributed by atoms with van der Waals surface area (Å²) in [6.07, 6.45) is 1.75. The lowest BCUT2D eigenvalue weighted by Crippen LogP contribution is -2.11. The molecule has 24 heavy (non-hydrogen) atoms. The van der Waals surface area contributed by atoms with E-state index >= 15 is 0 Å². The summed E-state index contributed by atoms with van der Waals surface area (Å²) in [4.78, 5) is 17.1. The highest BCUT2D eigenvalue weighted by atomic mass is 35.5. The van der Waals surface area contributed by atoms with Crippen LogP contribution in [0.2, 0.25) is 0 Å². The topological polar surface area (TPSA) is 44.1 Å². The van der Waals surface area contributed by atoms with E-state index in [1.807, 2.05) is 52.0 Å². The first-order chi connectivity index (χ1) is 11.3. The van der Waals surface area contributed by atoms with Crippen LogP contribution in [0, 0.1) is 19.8 Å². The van der Waals surface area contributed by atoms with E-state index in [-0.39, 0.29) is 5.92 Å². The molecule has 0 aliphatic heterocycles. The van der Waals surface area contributed by atoms with Gasteiger partial charge in [-0.1, -0.05) is 55.3 Å². The Morgan fingerprint density at radius 3 is 2.46 bits per heavy atom. The molecule has 1 aromatic heterocycles. The zero-order valence-corrected chi connectivity index (χ0v) is 15.5. The standard InChI is InChI=1S/C19H23ClN2O2/c1-6-24-19(23)18-17(15-9-7-13(4)8-10-15)21-14(5)22(18)11-16(20)12(2)3/h7-12H,6H2,1-5H3. The van der Waals surface area contributed by atoms with Crippen LogP contribution >= 0.6 is 11.6 Å². The van der Waals surface area contributed by atoms with Crippen LogP contribution in [0.15, 0.2) is 29.3 Å². The van der Waals surface area contributed by atoms with Crippen molar-refractivity contribution in [3.8, 4) is 11.3 Å². The van der Waals surface area contributed by atoms with E-state index in [0.29, 0.717) is 28.9 Å². The molecular weight excluding hydrogens is 324 g/mol. The molecule has 0 unspecified atom stereocenters. The molecule has 1 aromatic carbocycles. The lowest BCUT2D eigenvalue weighted by Gasteiger charge is -2.09. The minimum atomic E-state index is -0.404. The number of hydrogen-bond donors (Lipinski definition) is 0. The van der Waals surface area contributed by atoms with E-state index in [2.05, 4.69) is 4.98 Å². The van der Waals surface area contributed by atoms with Crippen molar-refractivity contribution in [3.63, 3.8) is 0 Å². The van der Waals surface area contributed by atoms with Crippen LogP contribution < -0.4 is 0 Å². The molecule has 1 heterocycles. The molecule has 0 N–H and O–H groups in total. The fourth-order valence-electron chi connectivity index (χ4n) is 2.28. The predicted octanol–water partition coefficient (Wildman–Crippen LogP) is 5.04. The summed E-state index contributed by atoms with van der Waals surface area (Å²) >= 11 is 6.31. The molecule has 0 aliphatic rings. The highest BCUT2D eigenvalue weighted by molar-refractivity contribution is 6.31. The molecule has 0 aliphatic carbocycles. The van der Waals surface area contributed by atoms with Crippen LogP contribution in [-0.2, 0) is 4.74 Å². The summed E-state index contributed by atoms with van der Waals surface area (Å²) < 4.78 is 6.96. The van der Waals surface area contributed by atoms with Crippen LogP contribution in [0.1, 0.15) is 42.6 Å². The van der Waals surface area contributed by atoms with Gasteiger partial charge in [0.1, 0.15) is 11.5 Å². The molecule has 0 saturated heterocycles. The summed E-state index contributed by atoms with van der Waals surface area (Å²) in [5, 5.41) is 0.650. The highest BCUT2D eigenvalue weighted by Gasteiger charge is 2.23. The number of aryl methyl sites for hydroxylation is 2. The minimum Gasteiger partial charge on any atom is -0.461 e. The van der Waals surface area contributed by atoms with E-state index in [1.54, 1.807) is 17.7 Å². The Morgan fingerprint density at radius 1 is 1.29 bits per heavy atom. The van der Waals surface area contributed by atoms with E-state index in [1.165, 1.54) is 0 Å². The second kappa shape index (κ2) is 7.67. The van der Waals surface area contributed by atoms with Gasteiger partial charge in [-0.2, -0.15) is 0 Å². The number of halogens is 1. The van der Waals surface area contributed by atoms with Gasteiger partial charge in [0.15, 0.2) is 5.69 Å². The van der Waals surface area contributed by atoms with Crippen molar-refractivity contribution in [2.75, 3.05) is 6.61 Å². The van der Waals surface area contributed by atoms with Crippen LogP contribution in [0.3, 0.4) is 0 Å². The quantitative estimate of drug-likeness (QED) is 0.712. The molecule has 4 nitrogen and oxygen atoms in total. The zero-order valence-electron chi connectivity index (χ0n) is 14.8. The third kappa shape index (κ3) is 3.88. The van der Waals surface area contributed by atoms with Crippen LogP contribution in [0.25, 0.3) is 17.5 Å². The van der Waals surface area contributed by atoms with Crippen LogP contribution in [0.4, 0.5) is 0 Å². The molecule has 0 amide bonds. The smallest absolute Gasteiger partial charge is 0.357 e. The summed E-state index contributed by atoms with van der Waals surface area (Å²) in [6, 6.07) is 7.90. The lowest BCUT2D eigenvalue weighted by molar-refractivity contribution is 0.0518. The molecule has 0 atom stereocenters. The number of benzene rings is 1. The number of esters is 1. The van der Waals surface area contributed by atoms with Crippen LogP contribution in [0.5, 0.6) is 0 Å². The van der Waals surface area contributed by atoms with Gasteiger partial charge in [-0.05, 0) is 26.7 Å². The van der Waals surface area contributed by atoms with Crippen molar-refractivity contribution >= 4 is 23.8 Å². The Morgan fingerprint density at radius 2 is 1.92 bits per heavy atom. The van der Waals surface area contributed by atoms with Crippen molar-refractivity contribution in [1.82, 2.24) is 9.55 Å². The number of carbonyl (C=O) groups excluding carboxylic acids is 1. The maximum absolute atomic E-state index is 12.5. The first kappa shape index (κ1) is 18.3. The SMILES string of the molecule is CCOC(=O)c1c(-c2ccc(C)cc2)nc(C)n1C=C(Cl)C(C)C. The van der Waals surface area contributed by atoms with Gasteiger partial charge in [-0.3, -0.25) is 4.57 Å². The molecule has 2 rings (SSSR count). The van der Waals surface area contributed by atoms with E-state index < -0.39 is 5.97 Å². The number of imidazole rings is 1. The van der Waals surface area contributed by atoms with Crippen molar-refractivity contribution < 1.29 is 9.53 Å². The number of allylic oxidation sites excluding steroid dienone is 1. The lowest BCUT2D eigenvalue weighted by atomic mass is 10.1. The number of aromatic nitrogens is 2. The first-order valence-corrected chi connectivity index (χ1v) is 8.43. The normalized spacial score (nSPS) is 11.9. The zero-order chi connectivity index (χ0) is 17.9. The van der Waals surface area contributed by atoms with Gasteiger partial charge in [0.2, 0.25) is 0 Å². The summed E-state index contributed by atoms with van der Waals surface area (Å²) in [5.74, 6) is 0.442. The van der Waals surface area contributed by atoms with E-state index in [0.717, 1.165) is 11.1 Å². The fraction of sp³-hybridized carbons (Fsp3) is 0.368. The van der Waals surface area contributed by atoms with Gasteiger partial charge >= 0.3 is 5.97 Å². The van der Waals surface area contributed by atoms with Crippen molar-refractivity contribution in [2.24, 2.45) is 5.92 Å². The number of rotatable bonds is 5. The molecule has 5 heteroatoms. The van der Waals surface area contributed by atoms with Crippen molar-refractivity contribution in [2.45, 2.75) is 34.6 Å². The molecule has 0 bridgehead atoms. The third-order valence-corrected chi connectivity index (χ3v) is 4.22. The Labute approximate surface area is 148 Å². The van der Waals surface area contributed by atoms with Gasteiger partial charge in [-0.25, -0.2) is 9.78 Å². The first-order valence-electron chi connectivity index (χ1n) is 8.05. The average molecular weight is 347 g/mol.